The van der Waals surface area contributed by atoms with Crippen LogP contribution in [-0.4, -0.2) is 56.4 Å². The van der Waals surface area contributed by atoms with Crippen molar-refractivity contribution >= 4 is 27.3 Å². The minimum Gasteiger partial charge on any atom is -0.381 e. The van der Waals surface area contributed by atoms with Crippen LogP contribution in [0.15, 0.2) is 23.1 Å². The molecule has 158 valence electrons. The van der Waals surface area contributed by atoms with Crippen LogP contribution >= 0.6 is 11.6 Å². The molecular weight excluding hydrogens is 408 g/mol. The van der Waals surface area contributed by atoms with Gasteiger partial charge in [0.15, 0.2) is 0 Å². The van der Waals surface area contributed by atoms with E-state index in [1.807, 2.05) is 6.07 Å². The highest BCUT2D eigenvalue weighted by atomic mass is 35.5. The maximum Gasteiger partial charge on any atom is 0.243 e. The molecule has 3 fully saturated rings. The summed E-state index contributed by atoms with van der Waals surface area (Å²) in [6.07, 6.45) is 7.06. The maximum absolute atomic E-state index is 13.0. The Morgan fingerprint density at radius 2 is 1.90 bits per heavy atom. The predicted octanol–water partition coefficient (Wildman–Crippen LogP) is 3.55. The quantitative estimate of drug-likeness (QED) is 0.707. The first-order chi connectivity index (χ1) is 14.0. The maximum atomic E-state index is 13.0. The van der Waals surface area contributed by atoms with Gasteiger partial charge in [0.2, 0.25) is 10.0 Å². The number of sulfonamides is 1. The number of hydrogen-bond acceptors (Lipinski definition) is 5. The molecule has 2 unspecified atom stereocenters. The monoisotopic (exact) mass is 436 g/mol. The summed E-state index contributed by atoms with van der Waals surface area (Å²) in [6.45, 7) is 2.88. The smallest absolute Gasteiger partial charge is 0.243 e. The predicted molar refractivity (Wildman–Crippen MR) is 114 cm³/mol. The number of rotatable bonds is 7. The van der Waals surface area contributed by atoms with E-state index < -0.39 is 10.0 Å². The lowest BCUT2D eigenvalue weighted by Crippen LogP contribution is -2.48. The van der Waals surface area contributed by atoms with Crippen molar-refractivity contribution in [2.75, 3.05) is 38.0 Å². The van der Waals surface area contributed by atoms with Crippen LogP contribution in [0.2, 0.25) is 5.02 Å². The zero-order valence-corrected chi connectivity index (χ0v) is 18.3. The van der Waals surface area contributed by atoms with Gasteiger partial charge in [0.05, 0.1) is 21.7 Å². The Hall–Kier alpha value is -1.33. The van der Waals surface area contributed by atoms with Crippen LogP contribution in [0.5, 0.6) is 0 Å². The molecule has 0 amide bonds. The first-order valence-corrected chi connectivity index (χ1v) is 12.5. The Bertz CT molecular complexity index is 871. The van der Waals surface area contributed by atoms with Gasteiger partial charge in [-0.25, -0.2) is 8.42 Å². The van der Waals surface area contributed by atoms with Crippen LogP contribution in [-0.2, 0) is 10.0 Å². The Morgan fingerprint density at radius 1 is 1.17 bits per heavy atom. The van der Waals surface area contributed by atoms with E-state index in [0.29, 0.717) is 50.2 Å². The summed E-state index contributed by atoms with van der Waals surface area (Å²) >= 11 is 6.45. The largest absolute Gasteiger partial charge is 0.381 e. The number of hydrogen-bond donors (Lipinski definition) is 1. The SMILES string of the molecule is N#CCCN1CCN(S(=O)(=O)c2ccc(NC3CC3C3CCCC3)c(Cl)c2)CC1. The summed E-state index contributed by atoms with van der Waals surface area (Å²) in [6, 6.07) is 7.66. The second-order valence-corrected chi connectivity index (χ2v) is 10.8. The Balaban J connectivity index is 1.36. The van der Waals surface area contributed by atoms with Gasteiger partial charge in [-0.1, -0.05) is 37.3 Å². The van der Waals surface area contributed by atoms with Crippen molar-refractivity contribution in [3.05, 3.63) is 23.2 Å². The van der Waals surface area contributed by atoms with Crippen molar-refractivity contribution in [2.24, 2.45) is 11.8 Å². The van der Waals surface area contributed by atoms with E-state index in [0.717, 1.165) is 17.5 Å². The number of nitrogens with one attached hydrogen (secondary N) is 1. The highest BCUT2D eigenvalue weighted by molar-refractivity contribution is 7.89. The molecule has 4 rings (SSSR count). The molecule has 2 saturated carbocycles. The van der Waals surface area contributed by atoms with Gasteiger partial charge in [0.25, 0.3) is 0 Å². The second-order valence-electron chi connectivity index (χ2n) is 8.49. The zero-order chi connectivity index (χ0) is 20.4. The lowest BCUT2D eigenvalue weighted by atomic mass is 10.0. The van der Waals surface area contributed by atoms with Crippen molar-refractivity contribution in [2.45, 2.75) is 49.5 Å². The third-order valence-electron chi connectivity index (χ3n) is 6.64. The fourth-order valence-corrected chi connectivity index (χ4v) is 6.56. The average molecular weight is 437 g/mol. The molecular formula is C21H29ClN4O2S. The molecule has 3 aliphatic rings. The molecule has 2 aliphatic carbocycles. The lowest BCUT2D eigenvalue weighted by Gasteiger charge is -2.33. The molecule has 1 aromatic carbocycles. The van der Waals surface area contributed by atoms with Crippen LogP contribution in [0, 0.1) is 23.2 Å². The molecule has 8 heteroatoms. The number of halogens is 1. The summed E-state index contributed by atoms with van der Waals surface area (Å²) in [5.74, 6) is 1.59. The van der Waals surface area contributed by atoms with E-state index in [1.165, 1.54) is 36.4 Å². The summed E-state index contributed by atoms with van der Waals surface area (Å²) in [5, 5.41) is 12.7. The normalized spacial score (nSPS) is 26.3. The molecule has 2 atom stereocenters. The molecule has 1 saturated heterocycles. The van der Waals surface area contributed by atoms with Crippen molar-refractivity contribution in [1.29, 1.82) is 5.26 Å². The standard InChI is InChI=1S/C21H29ClN4O2S/c22-19-14-17(29(27,28)26-12-10-25(11-13-26)9-3-8-23)6-7-20(19)24-21-15-18(21)16-4-1-2-5-16/h6-7,14,16,18,21,24H,1-5,9-13,15H2. The van der Waals surface area contributed by atoms with Gasteiger partial charge in [-0.3, -0.25) is 4.90 Å². The van der Waals surface area contributed by atoms with E-state index in [9.17, 15) is 8.42 Å². The van der Waals surface area contributed by atoms with Gasteiger partial charge in [0, 0.05) is 45.2 Å². The molecule has 0 aromatic heterocycles. The van der Waals surface area contributed by atoms with E-state index >= 15 is 0 Å². The lowest BCUT2D eigenvalue weighted by molar-refractivity contribution is 0.191. The van der Waals surface area contributed by atoms with Crippen LogP contribution in [0.3, 0.4) is 0 Å². The molecule has 1 N–H and O–H groups in total. The van der Waals surface area contributed by atoms with Crippen molar-refractivity contribution in [3.63, 3.8) is 0 Å². The first-order valence-electron chi connectivity index (χ1n) is 10.6. The molecule has 0 spiro atoms. The van der Waals surface area contributed by atoms with Gasteiger partial charge in [-0.2, -0.15) is 9.57 Å². The van der Waals surface area contributed by atoms with Gasteiger partial charge in [-0.15, -0.1) is 0 Å². The number of nitriles is 1. The number of anilines is 1. The zero-order valence-electron chi connectivity index (χ0n) is 16.7. The highest BCUT2D eigenvalue weighted by Gasteiger charge is 2.43. The molecule has 1 aromatic rings. The van der Waals surface area contributed by atoms with E-state index in [2.05, 4.69) is 16.3 Å². The van der Waals surface area contributed by atoms with Crippen molar-refractivity contribution in [3.8, 4) is 6.07 Å². The second kappa shape index (κ2) is 8.81. The fourth-order valence-electron chi connectivity index (χ4n) is 4.81. The Morgan fingerprint density at radius 3 is 2.55 bits per heavy atom. The molecule has 0 bridgehead atoms. The van der Waals surface area contributed by atoms with Gasteiger partial charge in [-0.05, 0) is 36.5 Å². The topological polar surface area (TPSA) is 76.4 Å². The minimum absolute atomic E-state index is 0.252. The molecule has 29 heavy (non-hydrogen) atoms. The third-order valence-corrected chi connectivity index (χ3v) is 8.84. The van der Waals surface area contributed by atoms with Gasteiger partial charge in [0.1, 0.15) is 0 Å². The van der Waals surface area contributed by atoms with Gasteiger partial charge < -0.3 is 5.32 Å². The molecule has 0 radical (unpaired) electrons. The molecule has 1 aliphatic heterocycles. The Labute approximate surface area is 178 Å². The number of piperazine rings is 1. The number of benzene rings is 1. The van der Waals surface area contributed by atoms with E-state index in [1.54, 1.807) is 12.1 Å². The number of nitrogens with zero attached hydrogens (tertiary/aromatic N) is 3. The minimum atomic E-state index is -3.55. The van der Waals surface area contributed by atoms with E-state index in [4.69, 9.17) is 16.9 Å². The van der Waals surface area contributed by atoms with Crippen LogP contribution in [0.1, 0.15) is 38.5 Å². The summed E-state index contributed by atoms with van der Waals surface area (Å²) < 4.78 is 27.5. The third kappa shape index (κ3) is 4.72. The average Bonchev–Trinajstić information content (AvgIpc) is 3.26. The van der Waals surface area contributed by atoms with Crippen LogP contribution in [0.4, 0.5) is 5.69 Å². The Kier molecular flexibility index (Phi) is 6.35. The van der Waals surface area contributed by atoms with E-state index in [-0.39, 0.29) is 4.90 Å². The van der Waals surface area contributed by atoms with Crippen LogP contribution in [0.25, 0.3) is 0 Å². The van der Waals surface area contributed by atoms with Crippen molar-refractivity contribution < 1.29 is 8.42 Å². The van der Waals surface area contributed by atoms with Gasteiger partial charge >= 0.3 is 0 Å². The highest BCUT2D eigenvalue weighted by Crippen LogP contribution is 2.47. The summed E-state index contributed by atoms with van der Waals surface area (Å²) in [5.41, 5.74) is 0.831. The fraction of sp³-hybridized carbons (Fsp3) is 0.667. The molecule has 6 nitrogen and oxygen atoms in total. The molecule has 1 heterocycles. The van der Waals surface area contributed by atoms with Crippen LogP contribution < -0.4 is 5.32 Å². The first kappa shape index (κ1) is 20.9. The summed E-state index contributed by atoms with van der Waals surface area (Å²) in [7, 11) is -3.55. The van der Waals surface area contributed by atoms with Crippen molar-refractivity contribution in [1.82, 2.24) is 9.21 Å². The summed E-state index contributed by atoms with van der Waals surface area (Å²) in [4.78, 5) is 2.38.